The van der Waals surface area contributed by atoms with E-state index in [1.807, 2.05) is 42.7 Å². The summed E-state index contributed by atoms with van der Waals surface area (Å²) < 4.78 is 4.30. The van der Waals surface area contributed by atoms with E-state index in [1.54, 1.807) is 0 Å². The van der Waals surface area contributed by atoms with Crippen molar-refractivity contribution in [1.82, 2.24) is 0 Å². The van der Waals surface area contributed by atoms with Gasteiger partial charge >= 0.3 is 0 Å². The minimum Gasteiger partial charge on any atom is -1.00 e. The van der Waals surface area contributed by atoms with Crippen molar-refractivity contribution in [1.29, 1.82) is 0 Å². The van der Waals surface area contributed by atoms with Crippen LogP contribution < -0.4 is 43.1 Å². The Bertz CT molecular complexity index is 504. The van der Waals surface area contributed by atoms with Crippen LogP contribution in [0.2, 0.25) is 0 Å². The number of hydrogen-bond acceptors (Lipinski definition) is 2. The van der Waals surface area contributed by atoms with Crippen molar-refractivity contribution >= 4 is 6.21 Å². The van der Waals surface area contributed by atoms with Crippen molar-refractivity contribution < 1.29 is 48.3 Å². The quantitative estimate of drug-likeness (QED) is 0.232. The lowest BCUT2D eigenvalue weighted by molar-refractivity contribution is -0.726. The van der Waals surface area contributed by atoms with Gasteiger partial charge in [0.1, 0.15) is 0 Å². The van der Waals surface area contributed by atoms with E-state index in [2.05, 4.69) is 26.7 Å². The molecule has 2 rings (SSSR count). The summed E-state index contributed by atoms with van der Waals surface area (Å²) in [7, 11) is 0. The molecule has 1 N–H and O–H groups in total. The Labute approximate surface area is 139 Å². The van der Waals surface area contributed by atoms with Gasteiger partial charge in [0.2, 0.25) is 0 Å². The molecule has 108 valence electrons. The predicted molar refractivity (Wildman–Crippen MR) is 67.3 cm³/mol. The molecule has 0 saturated heterocycles. The smallest absolute Gasteiger partial charge is 0.169 e. The monoisotopic (exact) mass is 401 g/mol. The van der Waals surface area contributed by atoms with Crippen LogP contribution in [0.5, 0.6) is 0 Å². The first-order valence-electron chi connectivity index (χ1n) is 5.99. The molecule has 20 heavy (non-hydrogen) atoms. The van der Waals surface area contributed by atoms with Crippen LogP contribution in [0.3, 0.4) is 0 Å². The average Bonchev–Trinajstić information content (AvgIpc) is 2.42. The standard InChI is InChI=1S/C14H16N3O.2BrH/c18-15-13-14-5-11-17(12-6-14)10-4-9-16-7-2-1-3-8-16;;/h1-3,5-8,11-13H,4,9-10H2;2*1H/q+1;;/p-1. The first kappa shape index (κ1) is 18.7. The zero-order valence-electron chi connectivity index (χ0n) is 10.9. The summed E-state index contributed by atoms with van der Waals surface area (Å²) in [6.45, 7) is 1.98. The van der Waals surface area contributed by atoms with Crippen LogP contribution in [-0.2, 0) is 13.1 Å². The predicted octanol–water partition coefficient (Wildman–Crippen LogP) is -4.83. The summed E-state index contributed by atoms with van der Waals surface area (Å²) in [4.78, 5) is 0. The molecule has 0 atom stereocenters. The van der Waals surface area contributed by atoms with Crippen LogP contribution in [-0.4, -0.2) is 11.4 Å². The number of aryl methyl sites for hydroxylation is 2. The molecule has 2 heterocycles. The SMILES string of the molecule is ON=Cc1cc[n+](CCC[n+]2ccccc2)cc1.[Br-].[Br-]. The van der Waals surface area contributed by atoms with Crippen LogP contribution in [0.25, 0.3) is 0 Å². The minimum atomic E-state index is 0. The fourth-order valence-corrected chi connectivity index (χ4v) is 1.79. The first-order chi connectivity index (χ1) is 8.88. The lowest BCUT2D eigenvalue weighted by atomic mass is 10.3. The molecule has 0 aliphatic carbocycles. The largest absolute Gasteiger partial charge is 1.00 e. The average molecular weight is 403 g/mol. The Morgan fingerprint density at radius 3 is 2.00 bits per heavy atom. The van der Waals surface area contributed by atoms with Crippen LogP contribution in [0, 0.1) is 0 Å². The van der Waals surface area contributed by atoms with Crippen LogP contribution in [0.1, 0.15) is 12.0 Å². The highest BCUT2D eigenvalue weighted by Crippen LogP contribution is 1.91. The number of oxime groups is 1. The zero-order valence-corrected chi connectivity index (χ0v) is 14.1. The maximum absolute atomic E-state index is 8.42. The first-order valence-corrected chi connectivity index (χ1v) is 5.99. The van der Waals surface area contributed by atoms with Crippen LogP contribution in [0.15, 0.2) is 60.3 Å². The van der Waals surface area contributed by atoms with E-state index in [4.69, 9.17) is 5.21 Å². The van der Waals surface area contributed by atoms with Crippen molar-refractivity contribution in [2.24, 2.45) is 5.16 Å². The van der Waals surface area contributed by atoms with Gasteiger partial charge in [0.25, 0.3) is 0 Å². The normalized spacial score (nSPS) is 9.80. The number of halogens is 2. The van der Waals surface area contributed by atoms with Gasteiger partial charge in [-0.05, 0) is 0 Å². The number of aromatic nitrogens is 2. The summed E-state index contributed by atoms with van der Waals surface area (Å²) in [5.41, 5.74) is 0.895. The Morgan fingerprint density at radius 2 is 1.45 bits per heavy atom. The Balaban J connectivity index is 0.00000180. The number of pyridine rings is 2. The number of nitrogens with zero attached hydrogens (tertiary/aromatic N) is 3. The van der Waals surface area contributed by atoms with Gasteiger partial charge in [0, 0.05) is 29.8 Å². The molecule has 2 aromatic heterocycles. The summed E-state index contributed by atoms with van der Waals surface area (Å²) in [5.74, 6) is 0. The second-order valence-electron chi connectivity index (χ2n) is 4.08. The lowest BCUT2D eigenvalue weighted by Crippen LogP contribution is -3.00. The van der Waals surface area contributed by atoms with Gasteiger partial charge in [-0.25, -0.2) is 9.13 Å². The summed E-state index contributed by atoms with van der Waals surface area (Å²) in [6, 6.07) is 9.95. The molecule has 2 aromatic rings. The highest BCUT2D eigenvalue weighted by atomic mass is 79.9. The van der Waals surface area contributed by atoms with Crippen molar-refractivity contribution in [3.63, 3.8) is 0 Å². The Morgan fingerprint density at radius 1 is 0.900 bits per heavy atom. The van der Waals surface area contributed by atoms with Gasteiger partial charge in [-0.15, -0.1) is 0 Å². The number of rotatable bonds is 5. The molecule has 6 heteroatoms. The molecule has 0 amide bonds. The van der Waals surface area contributed by atoms with Gasteiger partial charge in [0.15, 0.2) is 37.9 Å². The second-order valence-corrected chi connectivity index (χ2v) is 4.08. The van der Waals surface area contributed by atoms with Gasteiger partial charge in [-0.2, -0.15) is 0 Å². The Hall–Kier alpha value is -1.27. The summed E-state index contributed by atoms with van der Waals surface area (Å²) in [6.07, 6.45) is 10.6. The van der Waals surface area contributed by atoms with E-state index in [9.17, 15) is 0 Å². The third kappa shape index (κ3) is 6.25. The summed E-state index contributed by atoms with van der Waals surface area (Å²) in [5, 5.41) is 11.4. The molecule has 0 spiro atoms. The van der Waals surface area contributed by atoms with Gasteiger partial charge in [-0.3, -0.25) is 0 Å². The second kappa shape index (κ2) is 10.5. The molecule has 4 nitrogen and oxygen atoms in total. The molecule has 0 aromatic carbocycles. The van der Waals surface area contributed by atoms with E-state index >= 15 is 0 Å². The van der Waals surface area contributed by atoms with Crippen molar-refractivity contribution in [3.8, 4) is 0 Å². The van der Waals surface area contributed by atoms with E-state index in [1.165, 1.54) is 6.21 Å². The molecular weight excluding hydrogens is 386 g/mol. The molecule has 0 radical (unpaired) electrons. The molecule has 0 fully saturated rings. The highest BCUT2D eigenvalue weighted by Gasteiger charge is 2.03. The topological polar surface area (TPSA) is 40.4 Å². The zero-order chi connectivity index (χ0) is 12.6. The maximum atomic E-state index is 8.42. The maximum Gasteiger partial charge on any atom is 0.169 e. The van der Waals surface area contributed by atoms with Crippen molar-refractivity contribution in [3.05, 3.63) is 60.7 Å². The molecule has 0 aliphatic rings. The minimum absolute atomic E-state index is 0. The van der Waals surface area contributed by atoms with Crippen LogP contribution in [0.4, 0.5) is 0 Å². The highest BCUT2D eigenvalue weighted by molar-refractivity contribution is 5.78. The third-order valence-electron chi connectivity index (χ3n) is 2.73. The molecule has 0 bridgehead atoms. The van der Waals surface area contributed by atoms with Crippen molar-refractivity contribution in [2.75, 3.05) is 0 Å². The fraction of sp³-hybridized carbons (Fsp3) is 0.214. The van der Waals surface area contributed by atoms with Crippen molar-refractivity contribution in [2.45, 2.75) is 19.5 Å². The van der Waals surface area contributed by atoms with Crippen LogP contribution >= 0.6 is 0 Å². The fourth-order valence-electron chi connectivity index (χ4n) is 1.79. The Kier molecular flexibility index (Phi) is 9.84. The number of hydrogen-bond donors (Lipinski definition) is 1. The third-order valence-corrected chi connectivity index (χ3v) is 2.73. The van der Waals surface area contributed by atoms with E-state index in [0.717, 1.165) is 25.1 Å². The van der Waals surface area contributed by atoms with E-state index < -0.39 is 0 Å². The molecule has 0 saturated carbocycles. The molecular formula is C14H17Br2N3O. The van der Waals surface area contributed by atoms with E-state index in [0.29, 0.717) is 0 Å². The molecule has 0 aliphatic heterocycles. The van der Waals surface area contributed by atoms with Gasteiger partial charge < -0.3 is 39.2 Å². The van der Waals surface area contributed by atoms with Gasteiger partial charge in [0.05, 0.1) is 12.6 Å². The van der Waals surface area contributed by atoms with E-state index in [-0.39, 0.29) is 34.0 Å². The van der Waals surface area contributed by atoms with Gasteiger partial charge in [-0.1, -0.05) is 11.2 Å². The molecule has 0 unspecified atom stereocenters. The lowest BCUT2D eigenvalue weighted by Gasteiger charge is -1.96. The summed E-state index contributed by atoms with van der Waals surface area (Å²) >= 11 is 0.